The van der Waals surface area contributed by atoms with Crippen molar-refractivity contribution in [2.75, 3.05) is 6.61 Å². The van der Waals surface area contributed by atoms with Crippen LogP contribution in [0.15, 0.2) is 54.6 Å². The van der Waals surface area contributed by atoms with E-state index in [2.05, 4.69) is 0 Å². The second kappa shape index (κ2) is 5.53. The molecule has 1 aliphatic carbocycles. The zero-order valence-electron chi connectivity index (χ0n) is 13.5. The van der Waals surface area contributed by atoms with Crippen molar-refractivity contribution in [1.29, 1.82) is 0 Å². The molecule has 3 heteroatoms. The van der Waals surface area contributed by atoms with E-state index in [1.54, 1.807) is 6.92 Å². The van der Waals surface area contributed by atoms with Crippen molar-refractivity contribution in [3.8, 4) is 0 Å². The zero-order chi connectivity index (χ0) is 16.7. The lowest BCUT2D eigenvalue weighted by molar-refractivity contribution is 0.0351. The Balaban J connectivity index is 1.88. The van der Waals surface area contributed by atoms with Crippen molar-refractivity contribution in [3.05, 3.63) is 76.9 Å². The van der Waals surface area contributed by atoms with Gasteiger partial charge in [0.25, 0.3) is 0 Å². The van der Waals surface area contributed by atoms with Crippen LogP contribution in [0.1, 0.15) is 51.6 Å². The third-order valence-corrected chi connectivity index (χ3v) is 4.88. The van der Waals surface area contributed by atoms with E-state index in [4.69, 9.17) is 4.74 Å². The first-order chi connectivity index (χ1) is 11.6. The topological polar surface area (TPSA) is 43.4 Å². The quantitative estimate of drug-likeness (QED) is 0.784. The van der Waals surface area contributed by atoms with E-state index in [0.717, 1.165) is 29.5 Å². The molecular weight excluding hydrogens is 300 g/mol. The third-order valence-electron chi connectivity index (χ3n) is 4.88. The molecule has 0 aromatic heterocycles. The summed E-state index contributed by atoms with van der Waals surface area (Å²) < 4.78 is 5.88. The molecule has 0 radical (unpaired) electrons. The second-order valence-corrected chi connectivity index (χ2v) is 6.41. The second-order valence-electron chi connectivity index (χ2n) is 6.41. The predicted octanol–water partition coefficient (Wildman–Crippen LogP) is 4.07. The number of rotatable bonds is 2. The molecule has 2 aromatic carbocycles. The molecule has 1 fully saturated rings. The normalized spacial score (nSPS) is 22.4. The van der Waals surface area contributed by atoms with Crippen molar-refractivity contribution in [2.24, 2.45) is 0 Å². The summed E-state index contributed by atoms with van der Waals surface area (Å²) in [5.74, 6) is 0.102. The van der Waals surface area contributed by atoms with E-state index >= 15 is 0 Å². The van der Waals surface area contributed by atoms with Gasteiger partial charge in [0, 0.05) is 17.7 Å². The SMILES string of the molecule is CC(=O)c1ccc(C2=CC3(CCCO3)C(=O)c3ccccc32)cc1. The molecule has 0 bridgehead atoms. The van der Waals surface area contributed by atoms with Crippen molar-refractivity contribution in [3.63, 3.8) is 0 Å². The molecule has 1 unspecified atom stereocenters. The van der Waals surface area contributed by atoms with E-state index in [0.29, 0.717) is 17.7 Å². The van der Waals surface area contributed by atoms with Crippen LogP contribution in [0.25, 0.3) is 5.57 Å². The fourth-order valence-electron chi connectivity index (χ4n) is 3.60. The van der Waals surface area contributed by atoms with Crippen LogP contribution in [0.2, 0.25) is 0 Å². The summed E-state index contributed by atoms with van der Waals surface area (Å²) in [6.45, 7) is 2.17. The Labute approximate surface area is 141 Å². The maximum absolute atomic E-state index is 12.9. The molecule has 1 saturated heterocycles. The number of carbonyl (C=O) groups is 2. The van der Waals surface area contributed by atoms with Gasteiger partial charge in [0.05, 0.1) is 0 Å². The Morgan fingerprint density at radius 3 is 2.38 bits per heavy atom. The smallest absolute Gasteiger partial charge is 0.199 e. The molecule has 0 amide bonds. The largest absolute Gasteiger partial charge is 0.363 e. The van der Waals surface area contributed by atoms with Gasteiger partial charge >= 0.3 is 0 Å². The Morgan fingerprint density at radius 2 is 1.75 bits per heavy atom. The molecule has 2 aliphatic rings. The summed E-state index contributed by atoms with van der Waals surface area (Å²) in [5.41, 5.74) is 3.50. The van der Waals surface area contributed by atoms with Gasteiger partial charge in [-0.1, -0.05) is 48.5 Å². The highest BCUT2D eigenvalue weighted by atomic mass is 16.5. The van der Waals surface area contributed by atoms with Gasteiger partial charge in [0.1, 0.15) is 5.60 Å². The van der Waals surface area contributed by atoms with Gasteiger partial charge < -0.3 is 4.74 Å². The molecule has 0 saturated carbocycles. The van der Waals surface area contributed by atoms with E-state index in [-0.39, 0.29) is 11.6 Å². The average molecular weight is 318 g/mol. The van der Waals surface area contributed by atoms with E-state index in [1.807, 2.05) is 54.6 Å². The first-order valence-corrected chi connectivity index (χ1v) is 8.23. The van der Waals surface area contributed by atoms with Crippen LogP contribution >= 0.6 is 0 Å². The van der Waals surface area contributed by atoms with Crippen LogP contribution < -0.4 is 0 Å². The maximum Gasteiger partial charge on any atom is 0.199 e. The summed E-state index contributed by atoms with van der Waals surface area (Å²) in [6, 6.07) is 15.2. The Hall–Kier alpha value is -2.52. The summed E-state index contributed by atoms with van der Waals surface area (Å²) in [4.78, 5) is 24.4. The summed E-state index contributed by atoms with van der Waals surface area (Å²) in [5, 5.41) is 0. The molecular formula is C21H18O3. The van der Waals surface area contributed by atoms with Crippen molar-refractivity contribution in [1.82, 2.24) is 0 Å². The van der Waals surface area contributed by atoms with Gasteiger partial charge in [-0.15, -0.1) is 0 Å². The lowest BCUT2D eigenvalue weighted by Gasteiger charge is -2.31. The third kappa shape index (κ3) is 2.24. The number of hydrogen-bond acceptors (Lipinski definition) is 3. The Kier molecular flexibility index (Phi) is 3.47. The number of carbonyl (C=O) groups excluding carboxylic acids is 2. The Bertz CT molecular complexity index is 853. The van der Waals surface area contributed by atoms with Gasteiger partial charge in [0.15, 0.2) is 11.6 Å². The minimum Gasteiger partial charge on any atom is -0.363 e. The van der Waals surface area contributed by atoms with Crippen LogP contribution in [0.5, 0.6) is 0 Å². The predicted molar refractivity (Wildman–Crippen MR) is 92.2 cm³/mol. The first-order valence-electron chi connectivity index (χ1n) is 8.23. The molecule has 2 aromatic rings. The van der Waals surface area contributed by atoms with E-state index < -0.39 is 5.60 Å². The summed E-state index contributed by atoms with van der Waals surface area (Å²) in [7, 11) is 0. The van der Waals surface area contributed by atoms with Gasteiger partial charge in [0.2, 0.25) is 0 Å². The minimum atomic E-state index is -0.830. The van der Waals surface area contributed by atoms with Gasteiger partial charge in [-0.3, -0.25) is 9.59 Å². The lowest BCUT2D eigenvalue weighted by atomic mass is 9.77. The number of hydrogen-bond donors (Lipinski definition) is 0. The molecule has 24 heavy (non-hydrogen) atoms. The fourth-order valence-corrected chi connectivity index (χ4v) is 3.60. The van der Waals surface area contributed by atoms with Gasteiger partial charge in [-0.05, 0) is 42.5 Å². The number of Topliss-reactive ketones (excluding diaryl/α,β-unsaturated/α-hetero) is 2. The van der Waals surface area contributed by atoms with Crippen molar-refractivity contribution in [2.45, 2.75) is 25.4 Å². The first kappa shape index (κ1) is 15.0. The van der Waals surface area contributed by atoms with E-state index in [1.165, 1.54) is 0 Å². The molecule has 1 spiro atoms. The molecule has 0 N–H and O–H groups in total. The van der Waals surface area contributed by atoms with Gasteiger partial charge in [-0.2, -0.15) is 0 Å². The highest BCUT2D eigenvalue weighted by molar-refractivity contribution is 6.12. The van der Waals surface area contributed by atoms with Crippen molar-refractivity contribution < 1.29 is 14.3 Å². The van der Waals surface area contributed by atoms with Crippen LogP contribution in [0, 0.1) is 0 Å². The van der Waals surface area contributed by atoms with Crippen LogP contribution in [0.4, 0.5) is 0 Å². The van der Waals surface area contributed by atoms with E-state index in [9.17, 15) is 9.59 Å². The standard InChI is InChI=1S/C21H18O3/c1-14(22)15-7-9-16(10-8-15)19-13-21(11-4-12-24-21)20(23)18-6-3-2-5-17(18)19/h2-3,5-10,13H,4,11-12H2,1H3. The molecule has 1 heterocycles. The summed E-state index contributed by atoms with van der Waals surface area (Å²) >= 11 is 0. The molecule has 1 atom stereocenters. The highest BCUT2D eigenvalue weighted by Gasteiger charge is 2.45. The average Bonchev–Trinajstić information content (AvgIpc) is 3.08. The Morgan fingerprint density at radius 1 is 1.04 bits per heavy atom. The van der Waals surface area contributed by atoms with Gasteiger partial charge in [-0.25, -0.2) is 0 Å². The highest BCUT2D eigenvalue weighted by Crippen LogP contribution is 2.41. The summed E-state index contributed by atoms with van der Waals surface area (Å²) in [6.07, 6.45) is 3.59. The van der Waals surface area contributed by atoms with Crippen LogP contribution in [-0.2, 0) is 4.74 Å². The lowest BCUT2D eigenvalue weighted by Crippen LogP contribution is -2.39. The monoisotopic (exact) mass is 318 g/mol. The minimum absolute atomic E-state index is 0.0466. The van der Waals surface area contributed by atoms with Crippen LogP contribution in [0.3, 0.4) is 0 Å². The number of benzene rings is 2. The number of ketones is 2. The number of ether oxygens (including phenoxy) is 1. The molecule has 120 valence electrons. The maximum atomic E-state index is 12.9. The fraction of sp³-hybridized carbons (Fsp3) is 0.238. The molecule has 4 rings (SSSR count). The van der Waals surface area contributed by atoms with Crippen LogP contribution in [-0.4, -0.2) is 23.8 Å². The zero-order valence-corrected chi connectivity index (χ0v) is 13.5. The molecule has 1 aliphatic heterocycles. The molecule has 3 nitrogen and oxygen atoms in total. The number of fused-ring (bicyclic) bond motifs is 1. The van der Waals surface area contributed by atoms with Crippen molar-refractivity contribution >= 4 is 17.1 Å².